The first kappa shape index (κ1) is 19.0. The van der Waals surface area contributed by atoms with E-state index in [2.05, 4.69) is 11.9 Å². The Bertz CT molecular complexity index is 640. The number of nitrogens with one attached hydrogen (secondary N) is 1. The van der Waals surface area contributed by atoms with E-state index < -0.39 is 0 Å². The summed E-state index contributed by atoms with van der Waals surface area (Å²) in [7, 11) is 0. The minimum absolute atomic E-state index is 0. The highest BCUT2D eigenvalue weighted by Crippen LogP contribution is 2.38. The van der Waals surface area contributed by atoms with Crippen molar-refractivity contribution < 1.29 is 9.59 Å². The summed E-state index contributed by atoms with van der Waals surface area (Å²) in [6, 6.07) is 0.228. The number of Topliss-reactive ketones (excluding diaryl/α,β-unsaturated/α-hetero) is 1. The Morgan fingerprint density at radius 3 is 2.58 bits per heavy atom. The number of hydrogen-bond donors (Lipinski definition) is 2. The van der Waals surface area contributed by atoms with Crippen LogP contribution in [-0.2, 0) is 6.42 Å². The third-order valence-corrected chi connectivity index (χ3v) is 5.56. The van der Waals surface area contributed by atoms with E-state index >= 15 is 0 Å². The van der Waals surface area contributed by atoms with E-state index in [1.54, 1.807) is 6.92 Å². The normalized spacial score (nSPS) is 25.5. The van der Waals surface area contributed by atoms with Crippen LogP contribution in [0.3, 0.4) is 0 Å². The van der Waals surface area contributed by atoms with E-state index in [4.69, 9.17) is 5.73 Å². The molecule has 1 aromatic heterocycles. The SMILES string of the molecule is CCCc1c(C(=O)N2CC3CCC(N)C3C2)[nH]c(C)c1C(C)=O.Cl. The largest absolute Gasteiger partial charge is 0.354 e. The maximum atomic E-state index is 13.0. The van der Waals surface area contributed by atoms with Crippen LogP contribution in [-0.4, -0.2) is 40.7 Å². The third kappa shape index (κ3) is 3.11. The van der Waals surface area contributed by atoms with E-state index in [0.717, 1.165) is 50.0 Å². The minimum Gasteiger partial charge on any atom is -0.354 e. The van der Waals surface area contributed by atoms with Crippen LogP contribution in [0.15, 0.2) is 0 Å². The predicted octanol–water partition coefficient (Wildman–Crippen LogP) is 2.71. The van der Waals surface area contributed by atoms with Gasteiger partial charge in [-0.25, -0.2) is 0 Å². The zero-order valence-corrected chi connectivity index (χ0v) is 15.5. The van der Waals surface area contributed by atoms with Crippen molar-refractivity contribution in [2.45, 2.75) is 52.5 Å². The summed E-state index contributed by atoms with van der Waals surface area (Å²) in [5.74, 6) is 1.05. The highest BCUT2D eigenvalue weighted by Gasteiger charge is 2.43. The highest BCUT2D eigenvalue weighted by atomic mass is 35.5. The zero-order valence-electron chi connectivity index (χ0n) is 14.7. The quantitative estimate of drug-likeness (QED) is 0.817. The summed E-state index contributed by atoms with van der Waals surface area (Å²) in [5, 5.41) is 0. The van der Waals surface area contributed by atoms with Crippen LogP contribution in [0.25, 0.3) is 0 Å². The molecule has 3 unspecified atom stereocenters. The zero-order chi connectivity index (χ0) is 16.7. The molecule has 1 saturated heterocycles. The molecule has 1 saturated carbocycles. The van der Waals surface area contributed by atoms with Crippen LogP contribution in [0.4, 0.5) is 0 Å². The maximum absolute atomic E-state index is 13.0. The van der Waals surface area contributed by atoms with Gasteiger partial charge in [-0.15, -0.1) is 12.4 Å². The van der Waals surface area contributed by atoms with Gasteiger partial charge in [0.2, 0.25) is 0 Å². The number of nitrogens with zero attached hydrogens (tertiary/aromatic N) is 1. The number of carbonyl (C=O) groups is 2. The van der Waals surface area contributed by atoms with Crippen molar-refractivity contribution in [1.29, 1.82) is 0 Å². The van der Waals surface area contributed by atoms with Crippen LogP contribution in [0, 0.1) is 18.8 Å². The minimum atomic E-state index is 0. The third-order valence-electron chi connectivity index (χ3n) is 5.56. The topological polar surface area (TPSA) is 79.2 Å². The summed E-state index contributed by atoms with van der Waals surface area (Å²) in [6.07, 6.45) is 3.86. The van der Waals surface area contributed by atoms with E-state index in [9.17, 15) is 9.59 Å². The Labute approximate surface area is 149 Å². The van der Waals surface area contributed by atoms with Gasteiger partial charge in [0, 0.05) is 30.4 Å². The predicted molar refractivity (Wildman–Crippen MR) is 96.9 cm³/mol. The fraction of sp³-hybridized carbons (Fsp3) is 0.667. The molecule has 1 aromatic rings. The Kier molecular flexibility index (Phi) is 5.76. The van der Waals surface area contributed by atoms with Crippen molar-refractivity contribution >= 4 is 24.1 Å². The monoisotopic (exact) mass is 353 g/mol. The van der Waals surface area contributed by atoms with Crippen LogP contribution in [0.1, 0.15) is 65.2 Å². The van der Waals surface area contributed by atoms with Gasteiger partial charge in [-0.2, -0.15) is 0 Å². The smallest absolute Gasteiger partial charge is 0.270 e. The number of aromatic nitrogens is 1. The fourth-order valence-electron chi connectivity index (χ4n) is 4.47. The second-order valence-corrected chi connectivity index (χ2v) is 7.16. The lowest BCUT2D eigenvalue weighted by Crippen LogP contribution is -2.34. The number of carbonyl (C=O) groups excluding carboxylic acids is 2. The maximum Gasteiger partial charge on any atom is 0.270 e. The van der Waals surface area contributed by atoms with Crippen molar-refractivity contribution in [2.75, 3.05) is 13.1 Å². The number of halogens is 1. The number of rotatable bonds is 4. The average molecular weight is 354 g/mol. The molecule has 6 heteroatoms. The Hall–Kier alpha value is -1.33. The van der Waals surface area contributed by atoms with Gasteiger partial charge in [0.05, 0.1) is 0 Å². The second kappa shape index (κ2) is 7.28. The summed E-state index contributed by atoms with van der Waals surface area (Å²) in [6.45, 7) is 7.07. The molecule has 24 heavy (non-hydrogen) atoms. The number of fused-ring (bicyclic) bond motifs is 1. The average Bonchev–Trinajstić information content (AvgIpc) is 3.14. The van der Waals surface area contributed by atoms with Gasteiger partial charge in [-0.3, -0.25) is 9.59 Å². The molecule has 3 N–H and O–H groups in total. The standard InChI is InChI=1S/C18H27N3O2.ClH/c1-4-5-13-16(11(3)22)10(2)20-17(13)18(23)21-8-12-6-7-15(19)14(12)9-21;/h12,14-15,20H,4-9,19H2,1-3H3;1H. The lowest BCUT2D eigenvalue weighted by molar-refractivity contribution is 0.0773. The Morgan fingerprint density at radius 1 is 1.29 bits per heavy atom. The number of hydrogen-bond acceptors (Lipinski definition) is 3. The summed E-state index contributed by atoms with van der Waals surface area (Å²) >= 11 is 0. The van der Waals surface area contributed by atoms with Crippen molar-refractivity contribution in [2.24, 2.45) is 17.6 Å². The van der Waals surface area contributed by atoms with E-state index in [1.165, 1.54) is 0 Å². The van der Waals surface area contributed by atoms with Crippen LogP contribution >= 0.6 is 12.4 Å². The molecule has 1 aliphatic heterocycles. The van der Waals surface area contributed by atoms with Crippen molar-refractivity contribution in [3.63, 3.8) is 0 Å². The fourth-order valence-corrected chi connectivity index (χ4v) is 4.47. The first-order valence-electron chi connectivity index (χ1n) is 8.71. The van der Waals surface area contributed by atoms with Crippen LogP contribution in [0.2, 0.25) is 0 Å². The van der Waals surface area contributed by atoms with Gasteiger partial charge in [0.1, 0.15) is 5.69 Å². The van der Waals surface area contributed by atoms with Crippen LogP contribution in [0.5, 0.6) is 0 Å². The highest BCUT2D eigenvalue weighted by molar-refractivity contribution is 6.02. The first-order chi connectivity index (χ1) is 10.9. The van der Waals surface area contributed by atoms with Crippen LogP contribution < -0.4 is 5.73 Å². The van der Waals surface area contributed by atoms with Gasteiger partial charge >= 0.3 is 0 Å². The molecule has 3 atom stereocenters. The number of amides is 1. The molecule has 2 aliphatic rings. The number of nitrogens with two attached hydrogens (primary N) is 1. The molecule has 0 spiro atoms. The van der Waals surface area contributed by atoms with Crippen molar-refractivity contribution in [3.8, 4) is 0 Å². The van der Waals surface area contributed by atoms with Gasteiger partial charge < -0.3 is 15.6 Å². The molecule has 2 heterocycles. The molecule has 5 nitrogen and oxygen atoms in total. The molecule has 0 radical (unpaired) electrons. The molecule has 0 bridgehead atoms. The molecule has 134 valence electrons. The Balaban J connectivity index is 0.00000208. The number of aromatic amines is 1. The van der Waals surface area contributed by atoms with Gasteiger partial charge in [-0.05, 0) is 50.5 Å². The molecule has 0 aromatic carbocycles. The van der Waals surface area contributed by atoms with Crippen molar-refractivity contribution in [3.05, 3.63) is 22.5 Å². The second-order valence-electron chi connectivity index (χ2n) is 7.16. The van der Waals surface area contributed by atoms with E-state index in [1.807, 2.05) is 11.8 Å². The molecule has 1 amide bonds. The lowest BCUT2D eigenvalue weighted by atomic mass is 9.98. The van der Waals surface area contributed by atoms with E-state index in [-0.39, 0.29) is 30.1 Å². The number of aryl methyl sites for hydroxylation is 1. The number of H-pyrrole nitrogens is 1. The van der Waals surface area contributed by atoms with Gasteiger partial charge in [0.15, 0.2) is 5.78 Å². The van der Waals surface area contributed by atoms with Crippen molar-refractivity contribution in [1.82, 2.24) is 9.88 Å². The molecule has 2 fully saturated rings. The van der Waals surface area contributed by atoms with Gasteiger partial charge in [-0.1, -0.05) is 13.3 Å². The van der Waals surface area contributed by atoms with E-state index in [0.29, 0.717) is 23.1 Å². The summed E-state index contributed by atoms with van der Waals surface area (Å²) in [4.78, 5) is 30.1. The number of likely N-dealkylation sites (tertiary alicyclic amines) is 1. The van der Waals surface area contributed by atoms with Gasteiger partial charge in [0.25, 0.3) is 5.91 Å². The molecule has 1 aliphatic carbocycles. The summed E-state index contributed by atoms with van der Waals surface area (Å²) in [5.41, 5.74) is 9.19. The first-order valence-corrected chi connectivity index (χ1v) is 8.71. The lowest BCUT2D eigenvalue weighted by Gasteiger charge is -2.19. The molecular weight excluding hydrogens is 326 g/mol. The molecule has 3 rings (SSSR count). The number of ketones is 1. The Morgan fingerprint density at radius 2 is 2.00 bits per heavy atom. The molecular formula is C18H28ClN3O2. The summed E-state index contributed by atoms with van der Waals surface area (Å²) < 4.78 is 0.